The second-order valence-corrected chi connectivity index (χ2v) is 12.7. The minimum absolute atomic E-state index is 0.0267. The molecule has 9 nitrogen and oxygen atoms in total. The SMILES string of the molecule is CC.CNC1CCCN(c2nc(OCC34CCCN3CCC4)nc3c(F)c(-c4cccc5cccc(CCCOC=O)c45)ncc23)C1. The van der Waals surface area contributed by atoms with E-state index >= 15 is 4.39 Å². The van der Waals surface area contributed by atoms with Crippen molar-refractivity contribution in [3.63, 3.8) is 0 Å². The smallest absolute Gasteiger partial charge is 0.319 e. The van der Waals surface area contributed by atoms with E-state index in [-0.39, 0.29) is 22.8 Å². The summed E-state index contributed by atoms with van der Waals surface area (Å²) in [5.41, 5.74) is 2.27. The molecule has 0 spiro atoms. The summed E-state index contributed by atoms with van der Waals surface area (Å²) in [5, 5.41) is 5.93. The van der Waals surface area contributed by atoms with E-state index in [2.05, 4.69) is 15.1 Å². The molecule has 3 saturated heterocycles. The molecule has 1 N–H and O–H groups in total. The van der Waals surface area contributed by atoms with Gasteiger partial charge in [0.1, 0.15) is 23.6 Å². The summed E-state index contributed by atoms with van der Waals surface area (Å²) >= 11 is 0. The van der Waals surface area contributed by atoms with Crippen LogP contribution in [0.3, 0.4) is 0 Å². The van der Waals surface area contributed by atoms with E-state index in [1.165, 1.54) is 12.8 Å². The Morgan fingerprint density at radius 3 is 2.62 bits per heavy atom. The van der Waals surface area contributed by atoms with Crippen molar-refractivity contribution in [2.24, 2.45) is 0 Å². The van der Waals surface area contributed by atoms with Gasteiger partial charge in [-0.1, -0.05) is 50.2 Å². The molecule has 1 atom stereocenters. The topological polar surface area (TPSA) is 92.7 Å². The van der Waals surface area contributed by atoms with E-state index in [0.29, 0.717) is 55.3 Å². The summed E-state index contributed by atoms with van der Waals surface area (Å²) in [5.74, 6) is 0.199. The molecule has 0 aliphatic carbocycles. The van der Waals surface area contributed by atoms with Gasteiger partial charge in [0, 0.05) is 30.9 Å². The fourth-order valence-electron chi connectivity index (χ4n) is 7.80. The Morgan fingerprint density at radius 2 is 1.85 bits per heavy atom. The van der Waals surface area contributed by atoms with Gasteiger partial charge < -0.3 is 19.7 Å². The molecular formula is C37H47FN6O3. The number of fused-ring (bicyclic) bond motifs is 3. The lowest BCUT2D eigenvalue weighted by molar-refractivity contribution is -0.128. The molecule has 4 aromatic rings. The van der Waals surface area contributed by atoms with E-state index in [1.807, 2.05) is 57.3 Å². The van der Waals surface area contributed by atoms with E-state index in [4.69, 9.17) is 24.4 Å². The molecule has 5 heterocycles. The molecule has 2 aromatic carbocycles. The van der Waals surface area contributed by atoms with Crippen LogP contribution in [0, 0.1) is 5.82 Å². The highest BCUT2D eigenvalue weighted by atomic mass is 19.1. The highest BCUT2D eigenvalue weighted by molar-refractivity contribution is 6.00. The zero-order valence-corrected chi connectivity index (χ0v) is 27.9. The molecule has 2 aromatic heterocycles. The van der Waals surface area contributed by atoms with Crippen LogP contribution in [0.5, 0.6) is 6.01 Å². The van der Waals surface area contributed by atoms with Crippen molar-refractivity contribution >= 4 is 34.0 Å². The largest absolute Gasteiger partial charge is 0.468 e. The van der Waals surface area contributed by atoms with Crippen LogP contribution >= 0.6 is 0 Å². The maximum absolute atomic E-state index is 16.9. The molecule has 1 unspecified atom stereocenters. The molecule has 0 radical (unpaired) electrons. The van der Waals surface area contributed by atoms with Crippen LogP contribution in [0.2, 0.25) is 0 Å². The molecule has 0 saturated carbocycles. The Bertz CT molecular complexity index is 1690. The van der Waals surface area contributed by atoms with Crippen molar-refractivity contribution in [2.45, 2.75) is 76.8 Å². The van der Waals surface area contributed by atoms with Gasteiger partial charge in [0.15, 0.2) is 5.82 Å². The Labute approximate surface area is 276 Å². The lowest BCUT2D eigenvalue weighted by Crippen LogP contribution is -2.45. The fraction of sp³-hybridized carbons (Fsp3) is 0.514. The second-order valence-electron chi connectivity index (χ2n) is 12.7. The molecular weight excluding hydrogens is 595 g/mol. The van der Waals surface area contributed by atoms with E-state index in [9.17, 15) is 4.79 Å². The minimum atomic E-state index is -0.476. The van der Waals surface area contributed by atoms with Gasteiger partial charge in [-0.15, -0.1) is 0 Å². The average molecular weight is 643 g/mol. The van der Waals surface area contributed by atoms with Crippen molar-refractivity contribution in [1.29, 1.82) is 0 Å². The number of benzene rings is 2. The van der Waals surface area contributed by atoms with E-state index in [0.717, 1.165) is 68.2 Å². The maximum Gasteiger partial charge on any atom is 0.319 e. The number of anilines is 1. The van der Waals surface area contributed by atoms with Crippen LogP contribution in [-0.2, 0) is 16.0 Å². The van der Waals surface area contributed by atoms with Crippen LogP contribution in [0.25, 0.3) is 32.9 Å². The third-order valence-corrected chi connectivity index (χ3v) is 10.1. The zero-order valence-electron chi connectivity index (χ0n) is 27.9. The monoisotopic (exact) mass is 642 g/mol. The van der Waals surface area contributed by atoms with Gasteiger partial charge in [-0.3, -0.25) is 14.7 Å². The number of carbonyl (C=O) groups excluding carboxylic acids is 1. The first-order chi connectivity index (χ1) is 23.1. The summed E-state index contributed by atoms with van der Waals surface area (Å²) < 4.78 is 28.2. The van der Waals surface area contributed by atoms with Crippen LogP contribution in [0.15, 0.2) is 42.6 Å². The third-order valence-electron chi connectivity index (χ3n) is 10.1. The molecule has 0 amide bonds. The number of aryl methyl sites for hydroxylation is 1. The van der Waals surface area contributed by atoms with Gasteiger partial charge in [-0.05, 0) is 87.8 Å². The quantitative estimate of drug-likeness (QED) is 0.149. The predicted molar refractivity (Wildman–Crippen MR) is 184 cm³/mol. The van der Waals surface area contributed by atoms with Crippen LogP contribution in [-0.4, -0.2) is 84.3 Å². The molecule has 3 fully saturated rings. The first kappa shape index (κ1) is 33.0. The Kier molecular flexibility index (Phi) is 10.5. The summed E-state index contributed by atoms with van der Waals surface area (Å²) in [6.07, 6.45) is 9.73. The van der Waals surface area contributed by atoms with Crippen molar-refractivity contribution in [2.75, 3.05) is 51.3 Å². The van der Waals surface area contributed by atoms with Crippen LogP contribution in [0.1, 0.15) is 64.4 Å². The number of pyridine rings is 1. The summed E-state index contributed by atoms with van der Waals surface area (Å²) in [4.78, 5) is 29.8. The Morgan fingerprint density at radius 1 is 1.06 bits per heavy atom. The van der Waals surface area contributed by atoms with Gasteiger partial charge >= 0.3 is 6.01 Å². The standard InChI is InChI=1S/C35H41FN6O3.C2H6/c1-37-26-12-4-16-41(21-26)33-28-20-38-31(27-13-3-10-24-8-2-9-25(29(24)27)11-5-19-44-23-43)30(36)32(28)39-34(40-33)45-22-35-14-6-17-42(35)18-7-15-35;1-2/h2-3,8-10,13,20,23,26,37H,4-7,11-12,14-19,21-22H2,1H3;1-2H3. The number of nitrogens with zero attached hydrogens (tertiary/aromatic N) is 5. The molecule has 7 rings (SSSR count). The average Bonchev–Trinajstić information content (AvgIpc) is 3.71. The number of likely N-dealkylation sites (N-methyl/N-ethyl adjacent to an activating group) is 1. The minimum Gasteiger partial charge on any atom is -0.468 e. The van der Waals surface area contributed by atoms with Gasteiger partial charge in [0.25, 0.3) is 6.47 Å². The predicted octanol–water partition coefficient (Wildman–Crippen LogP) is 6.31. The number of aromatic nitrogens is 3. The van der Waals surface area contributed by atoms with Crippen LogP contribution < -0.4 is 15.0 Å². The number of carbonyl (C=O) groups is 1. The molecule has 250 valence electrons. The van der Waals surface area contributed by atoms with Crippen molar-refractivity contribution in [3.05, 3.63) is 54.0 Å². The normalized spacial score (nSPS) is 19.0. The molecule has 3 aliphatic rings. The third kappa shape index (κ3) is 6.63. The first-order valence-electron chi connectivity index (χ1n) is 17.3. The first-order valence-corrected chi connectivity index (χ1v) is 17.3. The van der Waals surface area contributed by atoms with Gasteiger partial charge in [0.05, 0.1) is 17.5 Å². The number of ether oxygens (including phenoxy) is 2. The van der Waals surface area contributed by atoms with Crippen molar-refractivity contribution < 1.29 is 18.7 Å². The highest BCUT2D eigenvalue weighted by Gasteiger charge is 2.45. The maximum atomic E-state index is 16.9. The van der Waals surface area contributed by atoms with Crippen molar-refractivity contribution in [1.82, 2.24) is 25.2 Å². The second kappa shape index (κ2) is 14.9. The Hall–Kier alpha value is -3.89. The summed E-state index contributed by atoms with van der Waals surface area (Å²) in [7, 11) is 1.98. The fourth-order valence-corrected chi connectivity index (χ4v) is 7.80. The lowest BCUT2D eigenvalue weighted by atomic mass is 9.94. The molecule has 0 bridgehead atoms. The molecule has 3 aliphatic heterocycles. The summed E-state index contributed by atoms with van der Waals surface area (Å²) in [6.45, 7) is 9.11. The number of hydrogen-bond donors (Lipinski definition) is 1. The molecule has 47 heavy (non-hydrogen) atoms. The van der Waals surface area contributed by atoms with E-state index in [1.54, 1.807) is 6.20 Å². The Balaban J connectivity index is 0.00000190. The number of hydrogen-bond acceptors (Lipinski definition) is 9. The van der Waals surface area contributed by atoms with Crippen LogP contribution in [0.4, 0.5) is 10.2 Å². The van der Waals surface area contributed by atoms with Crippen molar-refractivity contribution in [3.8, 4) is 17.3 Å². The van der Waals surface area contributed by atoms with Gasteiger partial charge in [0.2, 0.25) is 0 Å². The number of rotatable bonds is 11. The van der Waals surface area contributed by atoms with Gasteiger partial charge in [-0.25, -0.2) is 4.39 Å². The lowest BCUT2D eigenvalue weighted by Gasteiger charge is -2.34. The number of nitrogens with one attached hydrogen (secondary N) is 1. The zero-order chi connectivity index (χ0) is 32.8. The summed E-state index contributed by atoms with van der Waals surface area (Å²) in [6, 6.07) is 12.5. The number of piperidine rings is 1. The highest BCUT2D eigenvalue weighted by Crippen LogP contribution is 2.40. The van der Waals surface area contributed by atoms with E-state index < -0.39 is 5.82 Å². The number of halogens is 1. The molecule has 10 heteroatoms. The van der Waals surface area contributed by atoms with Gasteiger partial charge in [-0.2, -0.15) is 9.97 Å².